The lowest BCUT2D eigenvalue weighted by molar-refractivity contribution is -0.155. The van der Waals surface area contributed by atoms with Crippen LogP contribution >= 0.6 is 0 Å². The van der Waals surface area contributed by atoms with Crippen LogP contribution in [0.15, 0.2) is 79.4 Å². The van der Waals surface area contributed by atoms with Gasteiger partial charge in [0.1, 0.15) is 17.5 Å². The van der Waals surface area contributed by atoms with Gasteiger partial charge in [-0.2, -0.15) is 14.6 Å². The van der Waals surface area contributed by atoms with E-state index in [9.17, 15) is 9.18 Å². The lowest BCUT2D eigenvalue weighted by Gasteiger charge is -2.17. The first-order chi connectivity index (χ1) is 20.0. The Morgan fingerprint density at radius 3 is 2.78 bits per heavy atom. The fraction of sp³-hybridized carbons (Fsp3) is 0.290. The van der Waals surface area contributed by atoms with Crippen molar-refractivity contribution in [1.29, 1.82) is 0 Å². The minimum Gasteiger partial charge on any atom is -0.383 e. The van der Waals surface area contributed by atoms with Gasteiger partial charge in [0.05, 0.1) is 23.7 Å². The molecule has 0 amide bonds. The Balaban J connectivity index is 1.29. The number of rotatable bonds is 10. The molecule has 41 heavy (non-hydrogen) atoms. The fourth-order valence-corrected chi connectivity index (χ4v) is 5.49. The number of aromatic nitrogens is 5. The number of fused-ring (bicyclic) bond motifs is 1. The number of halogens is 1. The van der Waals surface area contributed by atoms with E-state index < -0.39 is 12.1 Å². The standard InChI is InChI=1S/C31H31FN6O3/c1-21-27(18-26(39)16-24-20-37(14-15-40-2)41-31(24)22-10-11-33-28(32)17-22)38(25-6-4-3-5-7-25)35-30(21)23-8-9-29-34-12-13-36(29)19-23/h3-13,17,19,24,31H,14-16,18,20H2,1-2H3/t24-,31+/m1/s1. The summed E-state index contributed by atoms with van der Waals surface area (Å²) in [5.74, 6) is -0.670. The number of hydroxylamine groups is 2. The molecule has 10 heteroatoms. The maximum absolute atomic E-state index is 14.0. The largest absolute Gasteiger partial charge is 0.383 e. The molecule has 5 heterocycles. The summed E-state index contributed by atoms with van der Waals surface area (Å²) in [5.41, 5.74) is 5.93. The molecule has 9 nitrogen and oxygen atoms in total. The summed E-state index contributed by atoms with van der Waals surface area (Å²) in [5, 5.41) is 6.78. The molecule has 0 unspecified atom stereocenters. The number of methoxy groups -OCH3 is 1. The van der Waals surface area contributed by atoms with Crippen LogP contribution < -0.4 is 0 Å². The van der Waals surface area contributed by atoms with Crippen LogP contribution in [0.25, 0.3) is 22.6 Å². The van der Waals surface area contributed by atoms with Crippen molar-refractivity contribution in [2.75, 3.05) is 26.8 Å². The number of ether oxygens (including phenoxy) is 1. The zero-order valence-corrected chi connectivity index (χ0v) is 23.0. The first-order valence-electron chi connectivity index (χ1n) is 13.6. The summed E-state index contributed by atoms with van der Waals surface area (Å²) in [7, 11) is 1.63. The lowest BCUT2D eigenvalue weighted by atomic mass is 9.91. The number of benzene rings is 1. The molecule has 4 aromatic heterocycles. The molecule has 0 radical (unpaired) electrons. The van der Waals surface area contributed by atoms with Crippen LogP contribution in [0.3, 0.4) is 0 Å². The Hall–Kier alpha value is -4.25. The van der Waals surface area contributed by atoms with E-state index >= 15 is 0 Å². The first kappa shape index (κ1) is 26.9. The Morgan fingerprint density at radius 2 is 1.98 bits per heavy atom. The number of imidazole rings is 1. The van der Waals surface area contributed by atoms with Gasteiger partial charge in [0, 0.05) is 69.3 Å². The van der Waals surface area contributed by atoms with Gasteiger partial charge >= 0.3 is 0 Å². The second-order valence-electron chi connectivity index (χ2n) is 10.3. The third kappa shape index (κ3) is 5.67. The molecule has 0 bridgehead atoms. The summed E-state index contributed by atoms with van der Waals surface area (Å²) in [6.45, 7) is 3.59. The van der Waals surface area contributed by atoms with Crippen LogP contribution in [0, 0.1) is 18.8 Å². The second-order valence-corrected chi connectivity index (χ2v) is 10.3. The van der Waals surface area contributed by atoms with E-state index in [-0.39, 0.29) is 24.5 Å². The quantitative estimate of drug-likeness (QED) is 0.230. The predicted molar refractivity (Wildman–Crippen MR) is 151 cm³/mol. The van der Waals surface area contributed by atoms with Gasteiger partial charge in [-0.25, -0.2) is 14.6 Å². The molecule has 5 aromatic rings. The third-order valence-electron chi connectivity index (χ3n) is 7.51. The molecular weight excluding hydrogens is 523 g/mol. The van der Waals surface area contributed by atoms with Crippen molar-refractivity contribution < 1.29 is 18.8 Å². The van der Waals surface area contributed by atoms with E-state index in [1.54, 1.807) is 24.4 Å². The van der Waals surface area contributed by atoms with Crippen LogP contribution in [-0.4, -0.2) is 61.8 Å². The highest BCUT2D eigenvalue weighted by atomic mass is 19.1. The van der Waals surface area contributed by atoms with Crippen molar-refractivity contribution in [3.05, 3.63) is 102 Å². The normalized spacial score (nSPS) is 17.4. The summed E-state index contributed by atoms with van der Waals surface area (Å²) in [6, 6.07) is 16.9. The number of hydrogen-bond donors (Lipinski definition) is 0. The van der Waals surface area contributed by atoms with E-state index in [0.29, 0.717) is 25.3 Å². The summed E-state index contributed by atoms with van der Waals surface area (Å²) in [4.78, 5) is 27.9. The van der Waals surface area contributed by atoms with Crippen LogP contribution in [0.5, 0.6) is 0 Å². The highest BCUT2D eigenvalue weighted by molar-refractivity contribution is 5.82. The number of carbonyl (C=O) groups excluding carboxylic acids is 1. The summed E-state index contributed by atoms with van der Waals surface area (Å²) >= 11 is 0. The SMILES string of the molecule is COCCN1C[C@@H](CC(=O)Cc2c(C)c(-c3ccc4nccn4c3)nn2-c2ccccc2)[C@H](c2ccnc(F)c2)O1. The number of nitrogens with zero attached hydrogens (tertiary/aromatic N) is 6. The van der Waals surface area contributed by atoms with Crippen molar-refractivity contribution >= 4 is 11.4 Å². The topological polar surface area (TPSA) is 86.8 Å². The van der Waals surface area contributed by atoms with Gasteiger partial charge in [0.15, 0.2) is 0 Å². The van der Waals surface area contributed by atoms with Gasteiger partial charge < -0.3 is 9.14 Å². The Labute approximate surface area is 237 Å². The lowest BCUT2D eigenvalue weighted by Crippen LogP contribution is -2.24. The number of Topliss-reactive ketones (excluding diaryl/α,β-unsaturated/α-hetero) is 1. The van der Waals surface area contributed by atoms with Crippen molar-refractivity contribution in [2.45, 2.75) is 25.9 Å². The molecule has 0 saturated carbocycles. The maximum Gasteiger partial charge on any atom is 0.213 e. The molecule has 0 N–H and O–H groups in total. The Kier molecular flexibility index (Phi) is 7.69. The predicted octanol–water partition coefficient (Wildman–Crippen LogP) is 4.78. The molecule has 0 aliphatic carbocycles. The van der Waals surface area contributed by atoms with E-state index in [2.05, 4.69) is 9.97 Å². The number of ketones is 1. The van der Waals surface area contributed by atoms with Crippen LogP contribution in [0.2, 0.25) is 0 Å². The molecule has 0 spiro atoms. The van der Waals surface area contributed by atoms with Crippen LogP contribution in [-0.2, 0) is 20.8 Å². The van der Waals surface area contributed by atoms with Crippen molar-refractivity contribution in [1.82, 2.24) is 29.2 Å². The third-order valence-corrected chi connectivity index (χ3v) is 7.51. The fourth-order valence-electron chi connectivity index (χ4n) is 5.49. The Bertz CT molecular complexity index is 1670. The van der Waals surface area contributed by atoms with E-state index in [0.717, 1.165) is 33.8 Å². The highest BCUT2D eigenvalue weighted by Gasteiger charge is 2.37. The molecule has 6 rings (SSSR count). The highest BCUT2D eigenvalue weighted by Crippen LogP contribution is 2.37. The monoisotopic (exact) mass is 554 g/mol. The van der Waals surface area contributed by atoms with Crippen molar-refractivity contribution in [2.24, 2.45) is 5.92 Å². The molecule has 210 valence electrons. The molecule has 1 fully saturated rings. The van der Waals surface area contributed by atoms with Gasteiger partial charge in [-0.05, 0) is 54.4 Å². The minimum atomic E-state index is -0.574. The zero-order chi connectivity index (χ0) is 28.3. The average Bonchev–Trinajstić information content (AvgIpc) is 3.70. The summed E-state index contributed by atoms with van der Waals surface area (Å²) < 4.78 is 23.0. The van der Waals surface area contributed by atoms with Gasteiger partial charge in [-0.1, -0.05) is 18.2 Å². The number of carbonyl (C=O) groups is 1. The second kappa shape index (κ2) is 11.7. The minimum absolute atomic E-state index is 0.0588. The molecule has 2 atom stereocenters. The van der Waals surface area contributed by atoms with E-state index in [1.807, 2.05) is 70.9 Å². The van der Waals surface area contributed by atoms with Crippen molar-refractivity contribution in [3.8, 4) is 16.9 Å². The number of hydrogen-bond acceptors (Lipinski definition) is 7. The smallest absolute Gasteiger partial charge is 0.213 e. The Morgan fingerprint density at radius 1 is 1.12 bits per heavy atom. The van der Waals surface area contributed by atoms with E-state index in [4.69, 9.17) is 14.7 Å². The average molecular weight is 555 g/mol. The number of pyridine rings is 2. The van der Waals surface area contributed by atoms with Gasteiger partial charge in [0.25, 0.3) is 0 Å². The van der Waals surface area contributed by atoms with Crippen molar-refractivity contribution in [3.63, 3.8) is 0 Å². The van der Waals surface area contributed by atoms with Gasteiger partial charge in [0.2, 0.25) is 5.95 Å². The zero-order valence-electron chi connectivity index (χ0n) is 23.0. The molecular formula is C31H31FN6O3. The maximum atomic E-state index is 14.0. The van der Waals surface area contributed by atoms with Gasteiger partial charge in [-0.3, -0.25) is 9.63 Å². The first-order valence-corrected chi connectivity index (χ1v) is 13.6. The van der Waals surface area contributed by atoms with Crippen LogP contribution in [0.1, 0.15) is 29.3 Å². The number of para-hydroxylation sites is 1. The molecule has 1 saturated heterocycles. The van der Waals surface area contributed by atoms with Gasteiger partial charge in [-0.15, -0.1) is 0 Å². The molecule has 1 aromatic carbocycles. The molecule has 1 aliphatic heterocycles. The summed E-state index contributed by atoms with van der Waals surface area (Å²) in [6.07, 6.45) is 7.11. The van der Waals surface area contributed by atoms with E-state index in [1.165, 1.54) is 12.3 Å². The van der Waals surface area contributed by atoms with Crippen LogP contribution in [0.4, 0.5) is 4.39 Å². The molecule has 1 aliphatic rings.